The summed E-state index contributed by atoms with van der Waals surface area (Å²) in [5.74, 6) is -1.39. The van der Waals surface area contributed by atoms with Crippen molar-refractivity contribution in [2.75, 3.05) is 13.1 Å². The number of amidine groups is 2. The number of hydrogen-bond donors (Lipinski definition) is 3. The van der Waals surface area contributed by atoms with Crippen molar-refractivity contribution in [3.8, 4) is 0 Å². The van der Waals surface area contributed by atoms with E-state index in [1.165, 1.54) is 0 Å². The van der Waals surface area contributed by atoms with Crippen molar-refractivity contribution >= 4 is 11.7 Å². The fraction of sp³-hybridized carbons (Fsp3) is 0.750. The Bertz CT molecular complexity index is 316. The van der Waals surface area contributed by atoms with Crippen LogP contribution in [0.5, 0.6) is 0 Å². The number of nitrogens with zero attached hydrogens (tertiary/aromatic N) is 1. The predicted molar refractivity (Wildman–Crippen MR) is 50.2 cm³/mol. The van der Waals surface area contributed by atoms with Crippen molar-refractivity contribution < 1.29 is 17.7 Å². The molecule has 15 heavy (non-hydrogen) atoms. The van der Waals surface area contributed by atoms with Gasteiger partial charge in [0.05, 0.1) is 12.1 Å². The highest BCUT2D eigenvalue weighted by Gasteiger charge is 2.48. The van der Waals surface area contributed by atoms with Gasteiger partial charge in [0.2, 0.25) is 5.84 Å². The first-order valence-corrected chi connectivity index (χ1v) is 4.44. The molecule has 0 fully saturated rings. The third-order valence-electron chi connectivity index (χ3n) is 2.25. The van der Waals surface area contributed by atoms with Crippen LogP contribution in [0.3, 0.4) is 0 Å². The molecule has 0 aromatic heterocycles. The van der Waals surface area contributed by atoms with Gasteiger partial charge in [0, 0.05) is 6.54 Å². The molecule has 0 aromatic rings. The topological polar surface area (TPSA) is 64.9 Å². The van der Waals surface area contributed by atoms with E-state index >= 15 is 0 Å². The average molecular weight is 223 g/mol. The summed E-state index contributed by atoms with van der Waals surface area (Å²) in [6.45, 7) is 3.73. The van der Waals surface area contributed by atoms with E-state index in [2.05, 4.69) is 5.32 Å². The molecular weight excluding hydrogens is 209 g/mol. The smallest absolute Gasteiger partial charge is 0.321 e. The molecule has 1 aliphatic rings. The monoisotopic (exact) mass is 223 g/mol. The molecule has 0 spiro atoms. The zero-order chi connectivity index (χ0) is 11.9. The minimum atomic E-state index is -4.67. The minimum absolute atomic E-state index is 0.0218. The Morgan fingerprint density at radius 2 is 2.07 bits per heavy atom. The molecule has 0 aromatic carbocycles. The third-order valence-corrected chi connectivity index (χ3v) is 2.25. The predicted octanol–water partition coefficient (Wildman–Crippen LogP) is 0.277. The lowest BCUT2D eigenvalue weighted by molar-refractivity contribution is -0.515. The summed E-state index contributed by atoms with van der Waals surface area (Å²) in [6, 6.07) is 0. The van der Waals surface area contributed by atoms with Crippen molar-refractivity contribution in [1.29, 1.82) is 5.41 Å². The van der Waals surface area contributed by atoms with E-state index in [-0.39, 0.29) is 12.4 Å². The Labute approximate surface area is 85.5 Å². The van der Waals surface area contributed by atoms with Gasteiger partial charge in [-0.15, -0.1) is 0 Å². The van der Waals surface area contributed by atoms with Gasteiger partial charge in [-0.3, -0.25) is 0 Å². The second-order valence-electron chi connectivity index (χ2n) is 4.09. The summed E-state index contributed by atoms with van der Waals surface area (Å²) < 4.78 is 38.0. The molecule has 0 saturated carbocycles. The van der Waals surface area contributed by atoms with Gasteiger partial charge in [-0.05, 0) is 13.8 Å². The molecule has 7 heteroatoms. The van der Waals surface area contributed by atoms with Gasteiger partial charge in [-0.1, -0.05) is 0 Å². The summed E-state index contributed by atoms with van der Waals surface area (Å²) in [6.07, 6.45) is -4.67. The largest absolute Gasteiger partial charge is 0.481 e. The maximum Gasteiger partial charge on any atom is 0.481 e. The van der Waals surface area contributed by atoms with Crippen molar-refractivity contribution in [3.05, 3.63) is 0 Å². The van der Waals surface area contributed by atoms with Crippen LogP contribution in [0, 0.1) is 5.41 Å². The zero-order valence-electron chi connectivity index (χ0n) is 8.57. The lowest BCUT2D eigenvalue weighted by atomic mass is 10.0. The second-order valence-corrected chi connectivity index (χ2v) is 4.09. The van der Waals surface area contributed by atoms with Crippen molar-refractivity contribution in [3.63, 3.8) is 0 Å². The van der Waals surface area contributed by atoms with Crippen LogP contribution in [0.15, 0.2) is 0 Å². The molecule has 0 unspecified atom stereocenters. The van der Waals surface area contributed by atoms with Crippen molar-refractivity contribution in [2.24, 2.45) is 5.73 Å². The quantitative estimate of drug-likeness (QED) is 0.314. The third kappa shape index (κ3) is 2.28. The Hall–Kier alpha value is -1.11. The van der Waals surface area contributed by atoms with Gasteiger partial charge in [0.15, 0.2) is 0 Å². The number of nitrogens with two attached hydrogens (primary N) is 1. The van der Waals surface area contributed by atoms with E-state index < -0.39 is 17.6 Å². The lowest BCUT2D eigenvalue weighted by Crippen LogP contribution is -2.61. The molecule has 0 saturated heterocycles. The first-order valence-electron chi connectivity index (χ1n) is 4.44. The highest BCUT2D eigenvalue weighted by Crippen LogP contribution is 2.22. The van der Waals surface area contributed by atoms with Crippen LogP contribution in [0.4, 0.5) is 13.2 Å². The van der Waals surface area contributed by atoms with Gasteiger partial charge in [-0.25, -0.2) is 4.58 Å². The first-order chi connectivity index (χ1) is 6.66. The molecule has 1 rings (SSSR count). The molecule has 86 valence electrons. The highest BCUT2D eigenvalue weighted by atomic mass is 19.4. The summed E-state index contributed by atoms with van der Waals surface area (Å²) in [5, 5.41) is 9.99. The molecule has 4 nitrogen and oxygen atoms in total. The van der Waals surface area contributed by atoms with Crippen LogP contribution in [0.25, 0.3) is 0 Å². The molecule has 0 aliphatic carbocycles. The van der Waals surface area contributed by atoms with Gasteiger partial charge in [0.25, 0.3) is 0 Å². The molecule has 0 bridgehead atoms. The standard InChI is InChI=1S/C8H13F3N4/c1-7(2)4-14-3-5(12)15(7)6(13)8(9,10)11/h12-14H,3-4H2,1-2H3/p+1. The molecule has 1 heterocycles. The van der Waals surface area contributed by atoms with Crippen LogP contribution in [0.1, 0.15) is 13.8 Å². The maximum absolute atomic E-state index is 12.4. The summed E-state index contributed by atoms with van der Waals surface area (Å²) in [5.41, 5.74) is 4.65. The number of alkyl halides is 3. The van der Waals surface area contributed by atoms with Crippen LogP contribution in [-0.2, 0) is 0 Å². The van der Waals surface area contributed by atoms with Gasteiger partial charge in [-0.2, -0.15) is 18.6 Å². The normalized spacial score (nSPS) is 21.7. The average Bonchev–Trinajstić information content (AvgIpc) is 1.99. The van der Waals surface area contributed by atoms with Crippen LogP contribution < -0.4 is 11.1 Å². The molecule has 0 radical (unpaired) electrons. The summed E-state index contributed by atoms with van der Waals surface area (Å²) in [4.78, 5) is 0. The zero-order valence-corrected chi connectivity index (χ0v) is 8.57. The molecule has 4 N–H and O–H groups in total. The van der Waals surface area contributed by atoms with Crippen LogP contribution in [-0.4, -0.2) is 41.1 Å². The second kappa shape index (κ2) is 3.48. The Morgan fingerprint density at radius 1 is 1.53 bits per heavy atom. The number of rotatable bonds is 0. The highest BCUT2D eigenvalue weighted by molar-refractivity contribution is 5.88. The van der Waals surface area contributed by atoms with Gasteiger partial charge in [0.1, 0.15) is 0 Å². The Morgan fingerprint density at radius 3 is 2.47 bits per heavy atom. The lowest BCUT2D eigenvalue weighted by Gasteiger charge is -2.33. The van der Waals surface area contributed by atoms with E-state index in [4.69, 9.17) is 11.1 Å². The first kappa shape index (κ1) is 12.0. The van der Waals surface area contributed by atoms with E-state index in [0.29, 0.717) is 6.54 Å². The Balaban J connectivity index is 3.16. The summed E-state index contributed by atoms with van der Waals surface area (Å²) >= 11 is 0. The van der Waals surface area contributed by atoms with E-state index in [9.17, 15) is 13.2 Å². The number of hydrogen-bond acceptors (Lipinski definition) is 3. The fourth-order valence-electron chi connectivity index (χ4n) is 1.62. The molecule has 0 atom stereocenters. The van der Waals surface area contributed by atoms with Crippen molar-refractivity contribution in [1.82, 2.24) is 5.32 Å². The SMILES string of the molecule is CC1(C)CNCC(N)=[N+]1C(=N)C(F)(F)F. The number of halogens is 3. The Kier molecular flexibility index (Phi) is 2.77. The summed E-state index contributed by atoms with van der Waals surface area (Å²) in [7, 11) is 0. The molecule has 0 amide bonds. The van der Waals surface area contributed by atoms with Crippen LogP contribution >= 0.6 is 0 Å². The molecular formula is C8H14F3N4+. The van der Waals surface area contributed by atoms with E-state index in [1.807, 2.05) is 0 Å². The fourth-order valence-corrected chi connectivity index (χ4v) is 1.62. The maximum atomic E-state index is 12.4. The number of nitrogens with one attached hydrogen (secondary N) is 2. The van der Waals surface area contributed by atoms with E-state index in [0.717, 1.165) is 4.58 Å². The van der Waals surface area contributed by atoms with E-state index in [1.54, 1.807) is 13.8 Å². The van der Waals surface area contributed by atoms with Crippen LogP contribution in [0.2, 0.25) is 0 Å². The molecule has 1 aliphatic heterocycles. The van der Waals surface area contributed by atoms with Gasteiger partial charge < -0.3 is 11.1 Å². The minimum Gasteiger partial charge on any atom is -0.321 e. The van der Waals surface area contributed by atoms with Crippen molar-refractivity contribution in [2.45, 2.75) is 25.6 Å². The van der Waals surface area contributed by atoms with Gasteiger partial charge >= 0.3 is 12.0 Å².